The molecule has 0 spiro atoms. The third-order valence-electron chi connectivity index (χ3n) is 4.52. The summed E-state index contributed by atoms with van der Waals surface area (Å²) in [5.41, 5.74) is 1.80. The summed E-state index contributed by atoms with van der Waals surface area (Å²) in [7, 11) is 0. The molecule has 2 heterocycles. The summed E-state index contributed by atoms with van der Waals surface area (Å²) in [6.45, 7) is 6.12. The number of carbonyl (C=O) groups excluding carboxylic acids is 2. The number of ether oxygens (including phenoxy) is 1. The van der Waals surface area contributed by atoms with Crippen molar-refractivity contribution in [3.8, 4) is 0 Å². The monoisotopic (exact) mass is 414 g/mol. The van der Waals surface area contributed by atoms with Crippen molar-refractivity contribution in [2.24, 2.45) is 0 Å². The number of nitrogens with one attached hydrogen (secondary N) is 1. The number of amides is 2. The van der Waals surface area contributed by atoms with Crippen molar-refractivity contribution in [2.45, 2.75) is 6.92 Å². The van der Waals surface area contributed by atoms with Gasteiger partial charge in [-0.2, -0.15) is 0 Å². The van der Waals surface area contributed by atoms with Crippen LogP contribution < -0.4 is 5.32 Å². The Kier molecular flexibility index (Phi) is 7.92. The fraction of sp³-hybridized carbons (Fsp3) is 0.381. The summed E-state index contributed by atoms with van der Waals surface area (Å²) in [4.78, 5) is 33.3. The summed E-state index contributed by atoms with van der Waals surface area (Å²) >= 11 is 1.37. The zero-order valence-corrected chi connectivity index (χ0v) is 17.4. The van der Waals surface area contributed by atoms with Gasteiger partial charge in [0.15, 0.2) is 5.13 Å². The lowest BCUT2D eigenvalue weighted by Gasteiger charge is -2.29. The Bertz CT molecular complexity index is 831. The van der Waals surface area contributed by atoms with Crippen LogP contribution >= 0.6 is 11.3 Å². The molecule has 29 heavy (non-hydrogen) atoms. The van der Waals surface area contributed by atoms with Crippen LogP contribution in [0.3, 0.4) is 0 Å². The minimum absolute atomic E-state index is 0.0130. The first-order valence-electron chi connectivity index (χ1n) is 9.64. The van der Waals surface area contributed by atoms with E-state index in [0.29, 0.717) is 31.4 Å². The number of hydrogen-bond acceptors (Lipinski definition) is 6. The number of morpholine rings is 1. The standard InChI is InChI=1S/C21H26N4O3S/c1-17-16-29-21(22-17)23-19(26)15-25(10-9-24-11-13-28-14-12-24)20(27)8-7-18-5-3-2-4-6-18/h2-8,16H,9-15H2,1H3,(H,22,23,26). The molecule has 1 aromatic carbocycles. The third kappa shape index (κ3) is 7.08. The highest BCUT2D eigenvalue weighted by Gasteiger charge is 2.18. The van der Waals surface area contributed by atoms with E-state index in [1.807, 2.05) is 42.6 Å². The summed E-state index contributed by atoms with van der Waals surface area (Å²) < 4.78 is 5.37. The second-order valence-electron chi connectivity index (χ2n) is 6.80. The second kappa shape index (κ2) is 10.8. The van der Waals surface area contributed by atoms with Crippen LogP contribution in [0, 0.1) is 6.92 Å². The zero-order valence-electron chi connectivity index (χ0n) is 16.5. The molecule has 1 aliphatic rings. The van der Waals surface area contributed by atoms with Crippen molar-refractivity contribution in [3.05, 3.63) is 53.0 Å². The number of hydrogen-bond donors (Lipinski definition) is 1. The third-order valence-corrected chi connectivity index (χ3v) is 5.39. The summed E-state index contributed by atoms with van der Waals surface area (Å²) in [5.74, 6) is -0.435. The molecule has 3 rings (SSSR count). The molecule has 1 saturated heterocycles. The number of carbonyl (C=O) groups is 2. The molecule has 1 aromatic heterocycles. The van der Waals surface area contributed by atoms with Crippen molar-refractivity contribution in [1.82, 2.24) is 14.8 Å². The Balaban J connectivity index is 1.61. The maximum atomic E-state index is 12.8. The largest absolute Gasteiger partial charge is 0.379 e. The molecular weight excluding hydrogens is 388 g/mol. The quantitative estimate of drug-likeness (QED) is 0.671. The zero-order chi connectivity index (χ0) is 20.5. The van der Waals surface area contributed by atoms with Crippen LogP contribution in [0.25, 0.3) is 6.08 Å². The fourth-order valence-electron chi connectivity index (χ4n) is 2.93. The van der Waals surface area contributed by atoms with Gasteiger partial charge in [-0.15, -0.1) is 11.3 Å². The van der Waals surface area contributed by atoms with E-state index in [-0.39, 0.29) is 18.4 Å². The molecule has 2 amide bonds. The summed E-state index contributed by atoms with van der Waals surface area (Å²) in [6, 6.07) is 9.63. The van der Waals surface area contributed by atoms with Crippen LogP contribution in [0.15, 0.2) is 41.8 Å². The number of anilines is 1. The lowest BCUT2D eigenvalue weighted by atomic mass is 10.2. The second-order valence-corrected chi connectivity index (χ2v) is 7.66. The van der Waals surface area contributed by atoms with Crippen LogP contribution in [0.1, 0.15) is 11.3 Å². The van der Waals surface area contributed by atoms with E-state index in [1.54, 1.807) is 11.0 Å². The van der Waals surface area contributed by atoms with Gasteiger partial charge in [-0.05, 0) is 18.6 Å². The van der Waals surface area contributed by atoms with Gasteiger partial charge in [0.05, 0.1) is 18.9 Å². The van der Waals surface area contributed by atoms with Crippen LogP contribution in [-0.2, 0) is 14.3 Å². The lowest BCUT2D eigenvalue weighted by Crippen LogP contribution is -2.45. The number of benzene rings is 1. The number of thiazole rings is 1. The van der Waals surface area contributed by atoms with E-state index >= 15 is 0 Å². The Morgan fingerprint density at radius 3 is 2.72 bits per heavy atom. The smallest absolute Gasteiger partial charge is 0.247 e. The van der Waals surface area contributed by atoms with Crippen molar-refractivity contribution in [2.75, 3.05) is 51.3 Å². The van der Waals surface area contributed by atoms with E-state index in [2.05, 4.69) is 15.2 Å². The minimum atomic E-state index is -0.247. The number of rotatable bonds is 8. The summed E-state index contributed by atoms with van der Waals surface area (Å²) in [5, 5.41) is 5.20. The van der Waals surface area contributed by atoms with E-state index in [9.17, 15) is 9.59 Å². The number of nitrogens with zero attached hydrogens (tertiary/aromatic N) is 3. The first kappa shape index (κ1) is 21.2. The maximum Gasteiger partial charge on any atom is 0.247 e. The molecule has 0 bridgehead atoms. The fourth-order valence-corrected chi connectivity index (χ4v) is 3.64. The Hall–Kier alpha value is -2.55. The molecule has 0 saturated carbocycles. The van der Waals surface area contributed by atoms with Gasteiger partial charge < -0.3 is 15.0 Å². The molecule has 2 aromatic rings. The minimum Gasteiger partial charge on any atom is -0.379 e. The van der Waals surface area contributed by atoms with Gasteiger partial charge in [0.25, 0.3) is 0 Å². The average molecular weight is 415 g/mol. The van der Waals surface area contributed by atoms with Crippen LogP contribution in [0.2, 0.25) is 0 Å². The SMILES string of the molecule is Cc1csc(NC(=O)CN(CCN2CCOCC2)C(=O)C=Cc2ccccc2)n1. The summed E-state index contributed by atoms with van der Waals surface area (Å²) in [6.07, 6.45) is 3.29. The van der Waals surface area contributed by atoms with Crippen molar-refractivity contribution >= 4 is 34.4 Å². The Morgan fingerprint density at radius 2 is 2.03 bits per heavy atom. The van der Waals surface area contributed by atoms with E-state index < -0.39 is 0 Å². The van der Waals surface area contributed by atoms with Crippen molar-refractivity contribution in [3.63, 3.8) is 0 Å². The number of aryl methyl sites for hydroxylation is 1. The molecule has 1 fully saturated rings. The first-order chi connectivity index (χ1) is 14.1. The lowest BCUT2D eigenvalue weighted by molar-refractivity contribution is -0.130. The van der Waals surface area contributed by atoms with Gasteiger partial charge in [-0.25, -0.2) is 4.98 Å². The van der Waals surface area contributed by atoms with Gasteiger partial charge >= 0.3 is 0 Å². The Labute approximate surface area is 175 Å². The predicted octanol–water partition coefficient (Wildman–Crippen LogP) is 2.26. The average Bonchev–Trinajstić information content (AvgIpc) is 3.15. The van der Waals surface area contributed by atoms with Gasteiger partial charge in [-0.3, -0.25) is 14.5 Å². The van der Waals surface area contributed by atoms with E-state index in [1.165, 1.54) is 17.4 Å². The van der Waals surface area contributed by atoms with Crippen LogP contribution in [0.4, 0.5) is 5.13 Å². The van der Waals surface area contributed by atoms with Gasteiger partial charge in [-0.1, -0.05) is 30.3 Å². The molecular formula is C21H26N4O3S. The normalized spacial score (nSPS) is 14.8. The van der Waals surface area contributed by atoms with Crippen LogP contribution in [0.5, 0.6) is 0 Å². The molecule has 0 aliphatic carbocycles. The molecule has 7 nitrogen and oxygen atoms in total. The highest BCUT2D eigenvalue weighted by Crippen LogP contribution is 2.14. The Morgan fingerprint density at radius 1 is 1.28 bits per heavy atom. The molecule has 154 valence electrons. The number of aromatic nitrogens is 1. The topological polar surface area (TPSA) is 74.8 Å². The predicted molar refractivity (Wildman–Crippen MR) is 115 cm³/mol. The van der Waals surface area contributed by atoms with Gasteiger partial charge in [0.1, 0.15) is 6.54 Å². The maximum absolute atomic E-state index is 12.8. The molecule has 0 unspecified atom stereocenters. The molecule has 0 radical (unpaired) electrons. The van der Waals surface area contributed by atoms with Crippen molar-refractivity contribution in [1.29, 1.82) is 0 Å². The van der Waals surface area contributed by atoms with Gasteiger partial charge in [0.2, 0.25) is 11.8 Å². The van der Waals surface area contributed by atoms with E-state index in [0.717, 1.165) is 24.3 Å². The molecule has 1 aliphatic heterocycles. The van der Waals surface area contributed by atoms with Crippen LogP contribution in [-0.4, -0.2) is 72.5 Å². The highest BCUT2D eigenvalue weighted by molar-refractivity contribution is 7.13. The first-order valence-corrected chi connectivity index (χ1v) is 10.5. The van der Waals surface area contributed by atoms with Gasteiger partial charge in [0, 0.05) is 37.6 Å². The molecule has 8 heteroatoms. The van der Waals surface area contributed by atoms with Crippen molar-refractivity contribution < 1.29 is 14.3 Å². The molecule has 1 N–H and O–H groups in total. The van der Waals surface area contributed by atoms with E-state index in [4.69, 9.17) is 4.74 Å². The molecule has 0 atom stereocenters. The highest BCUT2D eigenvalue weighted by atomic mass is 32.1.